The van der Waals surface area contributed by atoms with Gasteiger partial charge in [0.1, 0.15) is 122 Å². The van der Waals surface area contributed by atoms with Crippen LogP contribution in [-0.2, 0) is 189 Å². The second kappa shape index (κ2) is 48.6. The maximum absolute atomic E-state index is 8.06. The molecule has 0 unspecified atom stereocenters. The molecular weight excluding hydrogens is 1790 g/mol. The summed E-state index contributed by atoms with van der Waals surface area (Å²) in [7, 11) is 1.60. The van der Waals surface area contributed by atoms with Gasteiger partial charge in [-0.05, 0) is 83.3 Å². The first-order valence-electron chi connectivity index (χ1n) is 48.6. The summed E-state index contributed by atoms with van der Waals surface area (Å²) in [6, 6.07) is 109. The molecule has 26 nitrogen and oxygen atoms in total. The van der Waals surface area contributed by atoms with Crippen molar-refractivity contribution in [2.75, 3.05) is 40.1 Å². The second-order valence-corrected chi connectivity index (χ2v) is 37.2. The molecule has 8 fully saturated rings. The van der Waals surface area contributed by atoms with E-state index in [-0.39, 0.29) is 99.1 Å². The molecule has 738 valence electrons. The number of rotatable bonds is 46. The summed E-state index contributed by atoms with van der Waals surface area (Å²) in [6.07, 6.45) is -26.9. The van der Waals surface area contributed by atoms with Gasteiger partial charge in [0.15, 0.2) is 49.3 Å². The molecule has 8 aliphatic heterocycles. The Morgan fingerprint density at radius 1 is 0.264 bits per heavy atom. The molecule has 19 rings (SSSR count). The topological polar surface area (TPSA) is 240 Å². The first kappa shape index (κ1) is 99.1. The van der Waals surface area contributed by atoms with Crippen molar-refractivity contribution in [1.29, 1.82) is 0 Å². The molecule has 11 aromatic rings. The van der Waals surface area contributed by atoms with Crippen LogP contribution < -0.4 is 0 Å². The highest BCUT2D eigenvalue weighted by atomic mass is 16.8. The lowest BCUT2D eigenvalue weighted by molar-refractivity contribution is -0.385. The molecule has 8 aliphatic rings. The molecule has 8 saturated heterocycles. The zero-order chi connectivity index (χ0) is 95.2. The van der Waals surface area contributed by atoms with E-state index in [2.05, 4.69) is 0 Å². The van der Waals surface area contributed by atoms with Gasteiger partial charge in [-0.25, -0.2) is 0 Å². The molecule has 0 aromatic heterocycles. The van der Waals surface area contributed by atoms with E-state index in [9.17, 15) is 0 Å². The normalized spacial score (nSPS) is 30.0. The van der Waals surface area contributed by atoms with Gasteiger partial charge in [-0.15, -0.1) is 0 Å². The standard InChI is InChI=1S/C114H126O26/c1-113(2)128-74-90(139-113)95-100(121-66-81-49-27-11-28-50-81)105(138-112-106(101(122-67-82-51-29-12-30-52-82)96(136-112)91-75-129-114(3,4)140-91)137-110-104(125-70-85-57-35-15-36-58-85)99(120-65-80-47-25-10-26-48-80)94-89(131-110)73-126-107(132-94)86-59-37-16-38-60-86)111(135-95)130-88(71-116-61-76-39-17-6-18-40-76)93-98(119-64-79-45-23-9-24-46-79)103(124-69-84-55-33-14-34-56-84)109(134-93)127-72-87(117-62-77-41-19-7-20-42-77)92-97(118-63-78-43-21-8-22-44-78)102(108(115-5)133-92)123-68-83-53-31-13-32-54-83/h6-60,87-112H,61-75H2,1-5H3/t87-,88-,89-,90-,91-,92+,93+,94-,95+,96+,97+,98+,99+,100+,101+,102-,103-,104-,105-,106-,107-,108-,109-,110-,111-,112-/m1/s1. The van der Waals surface area contributed by atoms with Crippen LogP contribution in [0.4, 0.5) is 0 Å². The van der Waals surface area contributed by atoms with Crippen LogP contribution >= 0.6 is 0 Å². The van der Waals surface area contributed by atoms with Gasteiger partial charge in [0.25, 0.3) is 0 Å². The van der Waals surface area contributed by atoms with Crippen LogP contribution in [0.3, 0.4) is 0 Å². The predicted molar refractivity (Wildman–Crippen MR) is 512 cm³/mol. The first-order valence-corrected chi connectivity index (χ1v) is 48.6. The average Bonchev–Trinajstić information content (AvgIpc) is 1.54. The van der Waals surface area contributed by atoms with Crippen LogP contribution in [0, 0.1) is 0 Å². The Balaban J connectivity index is 0.725. The minimum atomic E-state index is -1.47. The lowest BCUT2D eigenvalue weighted by Gasteiger charge is -2.49. The summed E-state index contributed by atoms with van der Waals surface area (Å²) in [6.45, 7) is 8.73. The van der Waals surface area contributed by atoms with E-state index in [1.165, 1.54) is 0 Å². The van der Waals surface area contributed by atoms with Gasteiger partial charge in [-0.2, -0.15) is 0 Å². The number of hydrogen-bond donors (Lipinski definition) is 0. The zero-order valence-electron chi connectivity index (χ0n) is 79.5. The number of hydrogen-bond acceptors (Lipinski definition) is 26. The summed E-state index contributed by atoms with van der Waals surface area (Å²) in [5, 5.41) is 0. The lowest BCUT2D eigenvalue weighted by Crippen LogP contribution is -2.64. The molecule has 0 N–H and O–H groups in total. The van der Waals surface area contributed by atoms with Crippen molar-refractivity contribution in [3.63, 3.8) is 0 Å². The van der Waals surface area contributed by atoms with Crippen molar-refractivity contribution in [2.24, 2.45) is 0 Å². The van der Waals surface area contributed by atoms with Crippen molar-refractivity contribution < 1.29 is 123 Å². The zero-order valence-corrected chi connectivity index (χ0v) is 79.5. The summed E-state index contributed by atoms with van der Waals surface area (Å²) in [5.41, 5.74) is 9.77. The van der Waals surface area contributed by atoms with Crippen LogP contribution in [-0.4, -0.2) is 205 Å². The predicted octanol–water partition coefficient (Wildman–Crippen LogP) is 17.3. The average molecular weight is 1910 g/mol. The smallest absolute Gasteiger partial charge is 0.187 e. The molecule has 0 spiro atoms. The summed E-state index contributed by atoms with van der Waals surface area (Å²) in [5.74, 6) is -2.15. The number of fused-ring (bicyclic) bond motifs is 1. The molecule has 0 saturated carbocycles. The molecule has 11 aromatic carbocycles. The highest BCUT2D eigenvalue weighted by Gasteiger charge is 2.63. The third kappa shape index (κ3) is 25.9. The Hall–Kier alpha value is -9.62. The number of ether oxygens (including phenoxy) is 26. The fourth-order valence-corrected chi connectivity index (χ4v) is 19.2. The lowest BCUT2D eigenvalue weighted by atomic mass is 9.96. The molecule has 26 atom stereocenters. The van der Waals surface area contributed by atoms with Crippen molar-refractivity contribution >= 4 is 0 Å². The largest absolute Gasteiger partial charge is 0.374 e. The van der Waals surface area contributed by atoms with Gasteiger partial charge in [-0.1, -0.05) is 334 Å². The van der Waals surface area contributed by atoms with E-state index in [4.69, 9.17) is 123 Å². The third-order valence-electron chi connectivity index (χ3n) is 26.2. The summed E-state index contributed by atoms with van der Waals surface area (Å²) in [4.78, 5) is 0. The Morgan fingerprint density at radius 3 is 0.957 bits per heavy atom. The van der Waals surface area contributed by atoms with Gasteiger partial charge in [0.2, 0.25) is 0 Å². The van der Waals surface area contributed by atoms with Crippen molar-refractivity contribution in [3.8, 4) is 0 Å². The van der Waals surface area contributed by atoms with E-state index in [1.54, 1.807) is 7.11 Å². The second-order valence-electron chi connectivity index (χ2n) is 37.2. The number of benzene rings is 11. The van der Waals surface area contributed by atoms with Crippen LogP contribution in [0.1, 0.15) is 95.2 Å². The fraction of sp³-hybridized carbons (Fsp3) is 0.421. The van der Waals surface area contributed by atoms with Crippen LogP contribution in [0.5, 0.6) is 0 Å². The third-order valence-corrected chi connectivity index (χ3v) is 26.2. The Morgan fingerprint density at radius 2 is 0.571 bits per heavy atom. The van der Waals surface area contributed by atoms with E-state index in [1.807, 2.05) is 361 Å². The first-order chi connectivity index (χ1) is 68.8. The molecule has 0 amide bonds. The molecular formula is C114H126O26. The SMILES string of the molecule is CO[C@@H]1O[C@@H]([C@@H](CO[C@@H]2O[C@@H]([C@@H](COCc3ccccc3)O[C@@H]3O[C@@H]([C@H]4COC(C)(C)O4)[C@H](OCc4ccccc4)[C@H]3O[C@H]3O[C@@H]([C@H]4COC(C)(C)O4)[C@H](OCc4ccccc4)[C@H]3O[C@H]3O[C@@H]4CO[C@@H](c5ccccc5)O[C@H]4[C@H](OCc4ccccc4)[C@H]3OCc3ccccc3)[C@H](OCc3ccccc3)[C@H]2OCc2ccccc2)OCc2ccccc2)[C@H](OCc2ccccc2)[C@H]1OCc1ccccc1. The summed E-state index contributed by atoms with van der Waals surface area (Å²) >= 11 is 0. The Labute approximate surface area is 818 Å². The highest BCUT2D eigenvalue weighted by molar-refractivity contribution is 5.24. The Bertz CT molecular complexity index is 5440. The van der Waals surface area contributed by atoms with E-state index in [0.29, 0.717) is 0 Å². The van der Waals surface area contributed by atoms with Crippen molar-refractivity contribution in [2.45, 2.75) is 265 Å². The quantitative estimate of drug-likeness (QED) is 0.0344. The van der Waals surface area contributed by atoms with Gasteiger partial charge >= 0.3 is 0 Å². The van der Waals surface area contributed by atoms with Gasteiger partial charge in [0.05, 0.1) is 99.1 Å². The van der Waals surface area contributed by atoms with E-state index >= 15 is 0 Å². The van der Waals surface area contributed by atoms with Crippen LogP contribution in [0.25, 0.3) is 0 Å². The van der Waals surface area contributed by atoms with Crippen molar-refractivity contribution in [3.05, 3.63) is 395 Å². The maximum atomic E-state index is 8.06. The monoisotopic (exact) mass is 1910 g/mol. The van der Waals surface area contributed by atoms with E-state index in [0.717, 1.165) is 61.2 Å². The molecule has 26 heteroatoms. The highest BCUT2D eigenvalue weighted by Crippen LogP contribution is 2.47. The molecule has 0 radical (unpaired) electrons. The Kier molecular flexibility index (Phi) is 34.4. The van der Waals surface area contributed by atoms with Crippen LogP contribution in [0.15, 0.2) is 334 Å². The molecule has 0 bridgehead atoms. The molecule has 8 heterocycles. The van der Waals surface area contributed by atoms with Crippen molar-refractivity contribution in [1.82, 2.24) is 0 Å². The minimum Gasteiger partial charge on any atom is -0.374 e. The van der Waals surface area contributed by atoms with Gasteiger partial charge < -0.3 is 123 Å². The number of methoxy groups -OCH3 is 1. The van der Waals surface area contributed by atoms with E-state index < -0.39 is 171 Å². The van der Waals surface area contributed by atoms with Gasteiger partial charge in [-0.3, -0.25) is 0 Å². The molecule has 0 aliphatic carbocycles. The molecule has 140 heavy (non-hydrogen) atoms. The maximum Gasteiger partial charge on any atom is 0.187 e. The van der Waals surface area contributed by atoms with Crippen LogP contribution in [0.2, 0.25) is 0 Å². The van der Waals surface area contributed by atoms with Gasteiger partial charge in [0, 0.05) is 12.7 Å². The summed E-state index contributed by atoms with van der Waals surface area (Å²) < 4.78 is 189. The minimum absolute atomic E-state index is 0.0617. The fourth-order valence-electron chi connectivity index (χ4n) is 19.2.